The maximum absolute atomic E-state index is 12.0. The molecule has 2 rings (SSSR count). The summed E-state index contributed by atoms with van der Waals surface area (Å²) in [6.45, 7) is 3.44. The Balaban J connectivity index is 2.05. The number of H-pyrrole nitrogens is 1. The van der Waals surface area contributed by atoms with Crippen LogP contribution in [0.5, 0.6) is 0 Å². The van der Waals surface area contributed by atoms with Crippen LogP contribution in [0.15, 0.2) is 47.5 Å². The Hall–Kier alpha value is -2.40. The van der Waals surface area contributed by atoms with Gasteiger partial charge in [-0.1, -0.05) is 24.3 Å². The molecule has 0 spiro atoms. The Morgan fingerprint density at radius 1 is 1.24 bits per heavy atom. The molecule has 0 saturated heterocycles. The lowest BCUT2D eigenvalue weighted by molar-refractivity contribution is 0.0948. The number of benzene rings is 1. The van der Waals surface area contributed by atoms with Gasteiger partial charge in [-0.05, 0) is 18.1 Å². The van der Waals surface area contributed by atoms with E-state index < -0.39 is 0 Å². The zero-order valence-corrected chi connectivity index (χ0v) is 11.9. The molecule has 0 fully saturated rings. The summed E-state index contributed by atoms with van der Waals surface area (Å²) in [5.74, 6) is -0.386. The molecular weight excluding hydrogens is 268 g/mol. The van der Waals surface area contributed by atoms with E-state index >= 15 is 0 Å². The summed E-state index contributed by atoms with van der Waals surface area (Å²) in [5.41, 5.74) is 1.82. The molecular formula is C16H18N2O3. The quantitative estimate of drug-likeness (QED) is 0.851. The SMILES string of the molecule is CCOCc1ccccc1CNC(=O)c1c[nH]ccc1=O. The molecule has 1 amide bonds. The van der Waals surface area contributed by atoms with Crippen molar-refractivity contribution in [1.29, 1.82) is 0 Å². The monoisotopic (exact) mass is 286 g/mol. The van der Waals surface area contributed by atoms with E-state index in [-0.39, 0.29) is 16.9 Å². The van der Waals surface area contributed by atoms with Gasteiger partial charge in [-0.25, -0.2) is 0 Å². The molecule has 2 N–H and O–H groups in total. The Morgan fingerprint density at radius 3 is 2.71 bits per heavy atom. The van der Waals surface area contributed by atoms with E-state index in [1.807, 2.05) is 31.2 Å². The molecule has 0 saturated carbocycles. The van der Waals surface area contributed by atoms with Crippen LogP contribution in [-0.4, -0.2) is 17.5 Å². The summed E-state index contributed by atoms with van der Waals surface area (Å²) >= 11 is 0. The molecule has 1 heterocycles. The van der Waals surface area contributed by atoms with E-state index in [0.29, 0.717) is 19.8 Å². The zero-order chi connectivity index (χ0) is 15.1. The van der Waals surface area contributed by atoms with Gasteiger partial charge in [-0.3, -0.25) is 9.59 Å². The van der Waals surface area contributed by atoms with E-state index in [2.05, 4.69) is 10.3 Å². The van der Waals surface area contributed by atoms with Gasteiger partial charge in [0.25, 0.3) is 5.91 Å². The fraction of sp³-hybridized carbons (Fsp3) is 0.250. The topological polar surface area (TPSA) is 71.2 Å². The normalized spacial score (nSPS) is 10.3. The molecule has 0 aliphatic heterocycles. The average Bonchev–Trinajstić information content (AvgIpc) is 2.52. The number of nitrogens with one attached hydrogen (secondary N) is 2. The minimum absolute atomic E-state index is 0.111. The molecule has 0 bridgehead atoms. The number of amides is 1. The highest BCUT2D eigenvalue weighted by Crippen LogP contribution is 2.10. The number of pyridine rings is 1. The van der Waals surface area contributed by atoms with Crippen molar-refractivity contribution in [2.75, 3.05) is 6.61 Å². The highest BCUT2D eigenvalue weighted by molar-refractivity contribution is 5.93. The number of hydrogen-bond donors (Lipinski definition) is 2. The molecule has 0 radical (unpaired) electrons. The highest BCUT2D eigenvalue weighted by atomic mass is 16.5. The molecule has 0 unspecified atom stereocenters. The molecule has 5 nitrogen and oxygen atoms in total. The largest absolute Gasteiger partial charge is 0.377 e. The van der Waals surface area contributed by atoms with E-state index in [4.69, 9.17) is 4.74 Å². The lowest BCUT2D eigenvalue weighted by atomic mass is 10.1. The number of carbonyl (C=O) groups is 1. The smallest absolute Gasteiger partial charge is 0.257 e. The zero-order valence-electron chi connectivity index (χ0n) is 11.9. The molecule has 0 aliphatic rings. The third kappa shape index (κ3) is 4.03. The number of aromatic nitrogens is 1. The standard InChI is InChI=1S/C16H18N2O3/c1-2-21-11-13-6-4-3-5-12(13)9-18-16(20)14-10-17-8-7-15(14)19/h3-8,10H,2,9,11H2,1H3,(H,17,19)(H,18,20). The molecule has 0 atom stereocenters. The van der Waals surface area contributed by atoms with Gasteiger partial charge in [-0.2, -0.15) is 0 Å². The van der Waals surface area contributed by atoms with Gasteiger partial charge in [0.15, 0.2) is 5.43 Å². The van der Waals surface area contributed by atoms with Gasteiger partial charge in [0, 0.05) is 31.6 Å². The predicted octanol–water partition coefficient (Wildman–Crippen LogP) is 1.84. The molecule has 5 heteroatoms. The van der Waals surface area contributed by atoms with E-state index in [9.17, 15) is 9.59 Å². The molecule has 2 aromatic rings. The van der Waals surface area contributed by atoms with Crippen molar-refractivity contribution in [3.05, 3.63) is 69.6 Å². The van der Waals surface area contributed by atoms with E-state index in [0.717, 1.165) is 11.1 Å². The van der Waals surface area contributed by atoms with Gasteiger partial charge in [0.2, 0.25) is 0 Å². The van der Waals surface area contributed by atoms with Crippen molar-refractivity contribution < 1.29 is 9.53 Å². The Bertz CT molecular complexity index is 664. The summed E-state index contributed by atoms with van der Waals surface area (Å²) in [7, 11) is 0. The molecule has 1 aromatic carbocycles. The first-order valence-electron chi connectivity index (χ1n) is 6.82. The number of hydrogen-bond acceptors (Lipinski definition) is 3. The fourth-order valence-electron chi connectivity index (χ4n) is 1.95. The second kappa shape index (κ2) is 7.40. The summed E-state index contributed by atoms with van der Waals surface area (Å²) in [4.78, 5) is 26.3. The molecule has 110 valence electrons. The fourth-order valence-corrected chi connectivity index (χ4v) is 1.95. The van der Waals surface area contributed by atoms with Crippen LogP contribution in [0.2, 0.25) is 0 Å². The number of rotatable bonds is 6. The van der Waals surface area contributed by atoms with Gasteiger partial charge >= 0.3 is 0 Å². The van der Waals surface area contributed by atoms with Crippen LogP contribution in [-0.2, 0) is 17.9 Å². The average molecular weight is 286 g/mol. The second-order valence-corrected chi connectivity index (χ2v) is 4.51. The van der Waals surface area contributed by atoms with Crippen molar-refractivity contribution in [2.45, 2.75) is 20.1 Å². The van der Waals surface area contributed by atoms with Crippen LogP contribution in [0.1, 0.15) is 28.4 Å². The first kappa shape index (κ1) is 15.0. The van der Waals surface area contributed by atoms with Crippen LogP contribution in [0.25, 0.3) is 0 Å². The number of ether oxygens (including phenoxy) is 1. The van der Waals surface area contributed by atoms with Gasteiger partial charge in [0.05, 0.1) is 6.61 Å². The Morgan fingerprint density at radius 2 is 2.00 bits per heavy atom. The lowest BCUT2D eigenvalue weighted by Gasteiger charge is -2.10. The minimum Gasteiger partial charge on any atom is -0.377 e. The Kier molecular flexibility index (Phi) is 5.29. The third-order valence-corrected chi connectivity index (χ3v) is 3.09. The van der Waals surface area contributed by atoms with Crippen molar-refractivity contribution in [3.63, 3.8) is 0 Å². The van der Waals surface area contributed by atoms with E-state index in [1.165, 1.54) is 18.5 Å². The van der Waals surface area contributed by atoms with Gasteiger partial charge in [-0.15, -0.1) is 0 Å². The van der Waals surface area contributed by atoms with E-state index in [1.54, 1.807) is 0 Å². The van der Waals surface area contributed by atoms with Crippen molar-refractivity contribution in [3.8, 4) is 0 Å². The highest BCUT2D eigenvalue weighted by Gasteiger charge is 2.10. The van der Waals surface area contributed by atoms with Crippen LogP contribution >= 0.6 is 0 Å². The van der Waals surface area contributed by atoms with Crippen molar-refractivity contribution in [2.24, 2.45) is 0 Å². The van der Waals surface area contributed by atoms with Crippen LogP contribution in [0.3, 0.4) is 0 Å². The van der Waals surface area contributed by atoms with Gasteiger partial charge < -0.3 is 15.0 Å². The molecule has 0 aliphatic carbocycles. The van der Waals surface area contributed by atoms with Crippen LogP contribution in [0, 0.1) is 0 Å². The number of carbonyl (C=O) groups excluding carboxylic acids is 1. The summed E-state index contributed by atoms with van der Waals surface area (Å²) in [5, 5.41) is 2.76. The van der Waals surface area contributed by atoms with Gasteiger partial charge in [0.1, 0.15) is 5.56 Å². The second-order valence-electron chi connectivity index (χ2n) is 4.51. The molecule has 1 aromatic heterocycles. The predicted molar refractivity (Wildman–Crippen MR) is 80.0 cm³/mol. The minimum atomic E-state index is -0.386. The van der Waals surface area contributed by atoms with Crippen molar-refractivity contribution in [1.82, 2.24) is 10.3 Å². The first-order valence-corrected chi connectivity index (χ1v) is 6.82. The summed E-state index contributed by atoms with van der Waals surface area (Å²) in [6, 6.07) is 9.07. The van der Waals surface area contributed by atoms with Crippen molar-refractivity contribution >= 4 is 5.91 Å². The van der Waals surface area contributed by atoms with Crippen LogP contribution in [0.4, 0.5) is 0 Å². The third-order valence-electron chi connectivity index (χ3n) is 3.09. The lowest BCUT2D eigenvalue weighted by Crippen LogP contribution is -2.28. The molecule has 21 heavy (non-hydrogen) atoms. The first-order chi connectivity index (χ1) is 10.2. The maximum Gasteiger partial charge on any atom is 0.257 e. The maximum atomic E-state index is 12.0. The summed E-state index contributed by atoms with van der Waals surface area (Å²) < 4.78 is 5.40. The number of aromatic amines is 1. The summed E-state index contributed by atoms with van der Waals surface area (Å²) in [6.07, 6.45) is 2.90. The Labute approximate surface area is 123 Å². The van der Waals surface area contributed by atoms with Crippen LogP contribution < -0.4 is 10.7 Å².